The molecular weight excluding hydrogens is 202 g/mol. The molecule has 0 aromatic heterocycles. The highest BCUT2D eigenvalue weighted by atomic mass is 16.3. The first-order valence-electron chi connectivity index (χ1n) is 5.91. The maximum Gasteiger partial charge on any atom is 0.246 e. The lowest BCUT2D eigenvalue weighted by Gasteiger charge is -2.31. The summed E-state index contributed by atoms with van der Waals surface area (Å²) in [5.74, 6) is -0.0322. The molecule has 1 atom stereocenters. The molecule has 0 fully saturated rings. The lowest BCUT2D eigenvalue weighted by molar-refractivity contribution is -0.119. The Labute approximate surface area is 98.9 Å². The van der Waals surface area contributed by atoms with Gasteiger partial charge in [-0.2, -0.15) is 0 Å². The van der Waals surface area contributed by atoms with E-state index in [0.717, 1.165) is 12.0 Å². The van der Waals surface area contributed by atoms with Gasteiger partial charge in [0.15, 0.2) is 0 Å². The normalized spacial score (nSPS) is 14.8. The Balaban J connectivity index is 4.53. The number of rotatable bonds is 5. The Bertz CT molecular complexity index is 251. The van der Waals surface area contributed by atoms with E-state index >= 15 is 0 Å². The summed E-state index contributed by atoms with van der Waals surface area (Å²) in [5.41, 5.74) is 0.708. The van der Waals surface area contributed by atoms with Crippen LogP contribution in [0, 0.1) is 5.41 Å². The summed E-state index contributed by atoms with van der Waals surface area (Å²) < 4.78 is 0. The topological polar surface area (TPSA) is 49.3 Å². The molecule has 1 amide bonds. The fourth-order valence-electron chi connectivity index (χ4n) is 1.52. The van der Waals surface area contributed by atoms with Crippen molar-refractivity contribution in [1.29, 1.82) is 0 Å². The van der Waals surface area contributed by atoms with E-state index in [1.807, 2.05) is 19.9 Å². The predicted molar refractivity (Wildman–Crippen MR) is 67.1 cm³/mol. The number of hydrogen-bond donors (Lipinski definition) is 2. The molecule has 1 unspecified atom stereocenters. The molecule has 0 saturated heterocycles. The molecule has 0 bridgehead atoms. The van der Waals surface area contributed by atoms with Crippen molar-refractivity contribution < 1.29 is 9.90 Å². The van der Waals surface area contributed by atoms with Gasteiger partial charge in [-0.25, -0.2) is 0 Å². The van der Waals surface area contributed by atoms with Crippen LogP contribution in [0.4, 0.5) is 0 Å². The highest BCUT2D eigenvalue weighted by molar-refractivity contribution is 5.92. The van der Waals surface area contributed by atoms with Crippen molar-refractivity contribution in [3.8, 4) is 0 Å². The number of carbonyl (C=O) groups excluding carboxylic acids is 1. The second-order valence-corrected chi connectivity index (χ2v) is 5.20. The third-order valence-corrected chi connectivity index (χ3v) is 2.64. The molecule has 94 valence electrons. The van der Waals surface area contributed by atoms with E-state index in [4.69, 9.17) is 5.11 Å². The Kier molecular flexibility index (Phi) is 6.34. The number of carbonyl (C=O) groups is 1. The van der Waals surface area contributed by atoms with Gasteiger partial charge in [0.2, 0.25) is 5.91 Å². The minimum absolute atomic E-state index is 0.00482. The fourth-order valence-corrected chi connectivity index (χ4v) is 1.52. The summed E-state index contributed by atoms with van der Waals surface area (Å²) >= 11 is 0. The van der Waals surface area contributed by atoms with Crippen molar-refractivity contribution in [2.24, 2.45) is 5.41 Å². The van der Waals surface area contributed by atoms with Gasteiger partial charge in [0.25, 0.3) is 0 Å². The number of allylic oxidation sites excluding steroid dienone is 1. The largest absolute Gasteiger partial charge is 0.396 e. The Morgan fingerprint density at radius 2 is 2.00 bits per heavy atom. The second-order valence-electron chi connectivity index (χ2n) is 5.20. The average molecular weight is 227 g/mol. The Morgan fingerprint density at radius 1 is 1.44 bits per heavy atom. The van der Waals surface area contributed by atoms with Crippen LogP contribution in [-0.2, 0) is 4.79 Å². The lowest BCUT2D eigenvalue weighted by Crippen LogP contribution is -2.44. The first-order chi connectivity index (χ1) is 7.32. The quantitative estimate of drug-likeness (QED) is 0.708. The first kappa shape index (κ1) is 15.2. The van der Waals surface area contributed by atoms with Crippen molar-refractivity contribution in [2.45, 2.75) is 53.5 Å². The van der Waals surface area contributed by atoms with Crippen LogP contribution in [0.1, 0.15) is 47.5 Å². The van der Waals surface area contributed by atoms with Crippen molar-refractivity contribution in [3.05, 3.63) is 11.6 Å². The Hall–Kier alpha value is -0.830. The number of nitrogens with one attached hydrogen (secondary N) is 1. The van der Waals surface area contributed by atoms with E-state index in [1.165, 1.54) is 0 Å². The third kappa shape index (κ3) is 5.31. The van der Waals surface area contributed by atoms with Gasteiger partial charge in [-0.15, -0.1) is 0 Å². The summed E-state index contributed by atoms with van der Waals surface area (Å²) in [5, 5.41) is 12.0. The van der Waals surface area contributed by atoms with Crippen molar-refractivity contribution in [2.75, 3.05) is 6.61 Å². The second kappa shape index (κ2) is 6.69. The molecule has 0 aromatic rings. The summed E-state index contributed by atoms with van der Waals surface area (Å²) in [6.07, 6.45) is 3.36. The van der Waals surface area contributed by atoms with Gasteiger partial charge < -0.3 is 10.4 Å². The molecule has 3 nitrogen and oxygen atoms in total. The summed E-state index contributed by atoms with van der Waals surface area (Å²) in [6, 6.07) is 0.00482. The van der Waals surface area contributed by atoms with Crippen LogP contribution in [0.3, 0.4) is 0 Å². The maximum absolute atomic E-state index is 11.8. The van der Waals surface area contributed by atoms with Crippen LogP contribution in [0.15, 0.2) is 11.6 Å². The minimum atomic E-state index is -0.0368. The highest BCUT2D eigenvalue weighted by Crippen LogP contribution is 2.21. The van der Waals surface area contributed by atoms with Gasteiger partial charge in [0, 0.05) is 18.2 Å². The zero-order valence-corrected chi connectivity index (χ0v) is 11.1. The minimum Gasteiger partial charge on any atom is -0.396 e. The molecule has 0 aliphatic heterocycles. The van der Waals surface area contributed by atoms with E-state index in [2.05, 4.69) is 26.1 Å². The van der Waals surface area contributed by atoms with E-state index in [1.54, 1.807) is 0 Å². The summed E-state index contributed by atoms with van der Waals surface area (Å²) in [7, 11) is 0. The third-order valence-electron chi connectivity index (χ3n) is 2.64. The lowest BCUT2D eigenvalue weighted by atomic mass is 9.85. The van der Waals surface area contributed by atoms with Crippen LogP contribution in [0.5, 0.6) is 0 Å². The molecule has 3 heteroatoms. The molecule has 0 aliphatic carbocycles. The zero-order valence-electron chi connectivity index (χ0n) is 11.1. The van der Waals surface area contributed by atoms with Crippen molar-refractivity contribution in [1.82, 2.24) is 5.32 Å². The van der Waals surface area contributed by atoms with E-state index in [-0.39, 0.29) is 24.0 Å². The molecule has 0 saturated carbocycles. The smallest absolute Gasteiger partial charge is 0.246 e. The van der Waals surface area contributed by atoms with Gasteiger partial charge in [0.05, 0.1) is 0 Å². The molecule has 0 heterocycles. The Morgan fingerprint density at radius 3 is 2.38 bits per heavy atom. The molecule has 0 rings (SSSR count). The van der Waals surface area contributed by atoms with Crippen LogP contribution in [0.2, 0.25) is 0 Å². The standard InChI is InChI=1S/C13H25NO2/c1-6-7-10(2)12(16)14-11(8-9-15)13(3,4)5/h7,11,15H,6,8-9H2,1-5H3,(H,14,16)/b10-7-. The number of aliphatic hydroxyl groups is 1. The van der Waals surface area contributed by atoms with E-state index < -0.39 is 0 Å². The average Bonchev–Trinajstić information content (AvgIpc) is 2.15. The van der Waals surface area contributed by atoms with Crippen molar-refractivity contribution >= 4 is 5.91 Å². The van der Waals surface area contributed by atoms with Crippen LogP contribution in [0.25, 0.3) is 0 Å². The van der Waals surface area contributed by atoms with Gasteiger partial charge in [-0.05, 0) is 25.2 Å². The molecule has 0 spiro atoms. The molecular formula is C13H25NO2. The SMILES string of the molecule is CC/C=C(/C)C(=O)NC(CCO)C(C)(C)C. The highest BCUT2D eigenvalue weighted by Gasteiger charge is 2.25. The van der Waals surface area contributed by atoms with Crippen LogP contribution < -0.4 is 5.32 Å². The molecule has 2 N–H and O–H groups in total. The van der Waals surface area contributed by atoms with Gasteiger partial charge in [-0.3, -0.25) is 4.79 Å². The van der Waals surface area contributed by atoms with E-state index in [9.17, 15) is 4.79 Å². The van der Waals surface area contributed by atoms with Gasteiger partial charge in [0.1, 0.15) is 0 Å². The van der Waals surface area contributed by atoms with Crippen molar-refractivity contribution in [3.63, 3.8) is 0 Å². The van der Waals surface area contributed by atoms with Crippen LogP contribution >= 0.6 is 0 Å². The van der Waals surface area contributed by atoms with Crippen LogP contribution in [-0.4, -0.2) is 23.7 Å². The number of hydrogen-bond acceptors (Lipinski definition) is 2. The first-order valence-corrected chi connectivity index (χ1v) is 5.91. The number of aliphatic hydroxyl groups excluding tert-OH is 1. The molecule has 0 aliphatic rings. The molecule has 0 radical (unpaired) electrons. The summed E-state index contributed by atoms with van der Waals surface area (Å²) in [4.78, 5) is 11.8. The predicted octanol–water partition coefficient (Wildman–Crippen LogP) is 2.26. The monoisotopic (exact) mass is 227 g/mol. The maximum atomic E-state index is 11.8. The fraction of sp³-hybridized carbons (Fsp3) is 0.769. The zero-order chi connectivity index (χ0) is 12.8. The molecule has 0 aromatic carbocycles. The van der Waals surface area contributed by atoms with E-state index in [0.29, 0.717) is 6.42 Å². The molecule has 16 heavy (non-hydrogen) atoms. The summed E-state index contributed by atoms with van der Waals surface area (Å²) in [6.45, 7) is 10.1. The van der Waals surface area contributed by atoms with Gasteiger partial charge >= 0.3 is 0 Å². The van der Waals surface area contributed by atoms with Gasteiger partial charge in [-0.1, -0.05) is 33.8 Å². The number of amides is 1.